The van der Waals surface area contributed by atoms with E-state index in [0.29, 0.717) is 11.8 Å². The molecule has 0 atom stereocenters. The molecule has 1 aliphatic rings. The Morgan fingerprint density at radius 3 is 2.76 bits per heavy atom. The van der Waals surface area contributed by atoms with Gasteiger partial charge in [-0.15, -0.1) is 11.8 Å². The summed E-state index contributed by atoms with van der Waals surface area (Å²) in [5.41, 5.74) is 5.19. The molecule has 4 rings (SSSR count). The number of hydrogen-bond acceptors (Lipinski definition) is 8. The fraction of sp³-hybridized carbons (Fsp3) is 0.250. The lowest BCUT2D eigenvalue weighted by atomic mass is 9.99. The van der Waals surface area contributed by atoms with Crippen molar-refractivity contribution in [1.82, 2.24) is 15.3 Å². The first kappa shape index (κ1) is 23.2. The molecule has 0 bridgehead atoms. The number of anilines is 5. The van der Waals surface area contributed by atoms with Crippen molar-refractivity contribution in [3.63, 3.8) is 0 Å². The minimum Gasteiger partial charge on any atom is -0.495 e. The van der Waals surface area contributed by atoms with Crippen molar-refractivity contribution in [2.45, 2.75) is 11.3 Å². The van der Waals surface area contributed by atoms with Crippen LogP contribution in [0, 0.1) is 0 Å². The van der Waals surface area contributed by atoms with E-state index < -0.39 is 0 Å². The third-order valence-corrected chi connectivity index (χ3v) is 6.27. The summed E-state index contributed by atoms with van der Waals surface area (Å²) in [6.07, 6.45) is 6.97. The molecule has 3 aromatic rings. The number of nitrogens with zero attached hydrogens (tertiary/aromatic N) is 3. The maximum absolute atomic E-state index is 6.14. The van der Waals surface area contributed by atoms with Gasteiger partial charge in [0.05, 0.1) is 18.5 Å². The quantitative estimate of drug-likeness (QED) is 0.280. The summed E-state index contributed by atoms with van der Waals surface area (Å²) in [6.45, 7) is 1.87. The Bertz CT molecular complexity index is 1150. The van der Waals surface area contributed by atoms with Crippen LogP contribution in [-0.2, 0) is 0 Å². The molecule has 0 saturated heterocycles. The van der Waals surface area contributed by atoms with E-state index in [1.807, 2.05) is 43.6 Å². The van der Waals surface area contributed by atoms with Gasteiger partial charge < -0.3 is 20.7 Å². The third-order valence-electron chi connectivity index (χ3n) is 5.32. The maximum Gasteiger partial charge on any atom is 0.229 e. The van der Waals surface area contributed by atoms with E-state index >= 15 is 0 Å². The van der Waals surface area contributed by atoms with Crippen molar-refractivity contribution in [2.24, 2.45) is 0 Å². The van der Waals surface area contributed by atoms with Crippen molar-refractivity contribution in [2.75, 3.05) is 48.6 Å². The van der Waals surface area contributed by atoms with Gasteiger partial charge in [-0.05, 0) is 66.8 Å². The number of nitrogens with one attached hydrogen (secondary N) is 3. The van der Waals surface area contributed by atoms with Crippen LogP contribution in [0.1, 0.15) is 12.0 Å². The molecule has 1 aromatic heterocycles. The molecule has 0 unspecified atom stereocenters. The monoisotopic (exact) mass is 482 g/mol. The van der Waals surface area contributed by atoms with Crippen LogP contribution < -0.4 is 25.1 Å². The highest BCUT2D eigenvalue weighted by molar-refractivity contribution is 7.98. The second-order valence-corrected chi connectivity index (χ2v) is 8.83. The van der Waals surface area contributed by atoms with Crippen LogP contribution in [-0.4, -0.2) is 43.5 Å². The van der Waals surface area contributed by atoms with Crippen molar-refractivity contribution in [3.05, 3.63) is 60.3 Å². The number of ether oxygens (including phenoxy) is 1. The van der Waals surface area contributed by atoms with Crippen LogP contribution in [0.15, 0.2) is 59.6 Å². The molecule has 9 heteroatoms. The summed E-state index contributed by atoms with van der Waals surface area (Å²) in [5, 5.41) is 10.0. The Balaban J connectivity index is 1.56. The Morgan fingerprint density at radius 2 is 2.03 bits per heavy atom. The average Bonchev–Trinajstić information content (AvgIpc) is 2.84. The van der Waals surface area contributed by atoms with Gasteiger partial charge in [-0.2, -0.15) is 4.98 Å². The van der Waals surface area contributed by atoms with E-state index in [9.17, 15) is 0 Å². The predicted molar refractivity (Wildman–Crippen MR) is 140 cm³/mol. The van der Waals surface area contributed by atoms with Crippen LogP contribution in [0.4, 0.5) is 28.8 Å². The maximum atomic E-state index is 6.14. The molecule has 0 amide bonds. The Hall–Kier alpha value is -2.94. The van der Waals surface area contributed by atoms with Crippen molar-refractivity contribution in [3.8, 4) is 5.75 Å². The molecule has 0 fully saturated rings. The number of thioether (sulfide) groups is 1. The molecule has 0 spiro atoms. The minimum atomic E-state index is 0.483. The predicted octanol–water partition coefficient (Wildman–Crippen LogP) is 5.66. The molecule has 3 N–H and O–H groups in total. The third kappa shape index (κ3) is 5.71. The molecular weight excluding hydrogens is 456 g/mol. The van der Waals surface area contributed by atoms with Crippen LogP contribution in [0.25, 0.3) is 5.57 Å². The van der Waals surface area contributed by atoms with E-state index in [2.05, 4.69) is 44.1 Å². The zero-order chi connectivity index (χ0) is 23.2. The van der Waals surface area contributed by atoms with Crippen molar-refractivity contribution < 1.29 is 4.74 Å². The molecular formula is C24H27ClN6OS. The van der Waals surface area contributed by atoms with E-state index in [0.717, 1.165) is 47.2 Å². The number of rotatable bonds is 8. The first-order valence-electron chi connectivity index (χ1n) is 10.6. The molecule has 1 aliphatic heterocycles. The van der Waals surface area contributed by atoms with Gasteiger partial charge >= 0.3 is 0 Å². The summed E-state index contributed by atoms with van der Waals surface area (Å²) >= 11 is 7.77. The molecule has 2 heterocycles. The topological polar surface area (TPSA) is 74.3 Å². The zero-order valence-electron chi connectivity index (χ0n) is 18.9. The van der Waals surface area contributed by atoms with Gasteiger partial charge in [0.2, 0.25) is 5.95 Å². The van der Waals surface area contributed by atoms with Gasteiger partial charge in [0, 0.05) is 42.1 Å². The second kappa shape index (κ2) is 10.8. The van der Waals surface area contributed by atoms with Crippen molar-refractivity contribution in [1.29, 1.82) is 0 Å². The first-order valence-corrected chi connectivity index (χ1v) is 12.2. The Labute approximate surface area is 203 Å². The summed E-state index contributed by atoms with van der Waals surface area (Å²) in [6, 6.07) is 14.0. The molecule has 33 heavy (non-hydrogen) atoms. The number of hydrogen-bond donors (Lipinski definition) is 3. The zero-order valence-corrected chi connectivity index (χ0v) is 20.4. The minimum absolute atomic E-state index is 0.483. The number of benzene rings is 2. The first-order chi connectivity index (χ1) is 16.1. The van der Waals surface area contributed by atoms with Crippen LogP contribution in [0.5, 0.6) is 5.75 Å². The normalized spacial score (nSPS) is 13.3. The SMILES string of the molecule is COc1ccc(C2=CCNCC2)cc1Nc1nccc(Nc2ccc(N(C)Cl)c(SC)c2)n1. The lowest BCUT2D eigenvalue weighted by molar-refractivity contribution is 0.416. The van der Waals surface area contributed by atoms with Gasteiger partial charge in [-0.1, -0.05) is 12.1 Å². The van der Waals surface area contributed by atoms with Gasteiger partial charge in [0.25, 0.3) is 0 Å². The Morgan fingerprint density at radius 1 is 1.15 bits per heavy atom. The van der Waals surface area contributed by atoms with Crippen LogP contribution in [0.2, 0.25) is 0 Å². The fourth-order valence-corrected chi connectivity index (χ4v) is 4.51. The summed E-state index contributed by atoms with van der Waals surface area (Å²) in [5.74, 6) is 1.90. The molecule has 0 radical (unpaired) electrons. The van der Waals surface area contributed by atoms with Gasteiger partial charge in [-0.3, -0.25) is 4.42 Å². The lowest BCUT2D eigenvalue weighted by Gasteiger charge is -2.17. The number of aromatic nitrogens is 2. The summed E-state index contributed by atoms with van der Waals surface area (Å²) < 4.78 is 7.15. The van der Waals surface area contributed by atoms with E-state index in [1.54, 1.807) is 29.5 Å². The molecule has 7 nitrogen and oxygen atoms in total. The molecule has 0 saturated carbocycles. The van der Waals surface area contributed by atoms with E-state index in [-0.39, 0.29) is 0 Å². The van der Waals surface area contributed by atoms with E-state index in [4.69, 9.17) is 16.5 Å². The largest absolute Gasteiger partial charge is 0.495 e. The fourth-order valence-electron chi connectivity index (χ4n) is 3.66. The van der Waals surface area contributed by atoms with Crippen molar-refractivity contribution >= 4 is 57.9 Å². The summed E-state index contributed by atoms with van der Waals surface area (Å²) in [7, 11) is 3.48. The second-order valence-electron chi connectivity index (χ2n) is 7.48. The average molecular weight is 483 g/mol. The number of halogens is 1. The lowest BCUT2D eigenvalue weighted by Crippen LogP contribution is -2.20. The Kier molecular flexibility index (Phi) is 7.59. The van der Waals surface area contributed by atoms with Gasteiger partial charge in [0.1, 0.15) is 11.6 Å². The van der Waals surface area contributed by atoms with E-state index in [1.165, 1.54) is 11.1 Å². The highest BCUT2D eigenvalue weighted by Gasteiger charge is 2.12. The smallest absolute Gasteiger partial charge is 0.229 e. The summed E-state index contributed by atoms with van der Waals surface area (Å²) in [4.78, 5) is 10.1. The van der Waals surface area contributed by atoms with Crippen LogP contribution >= 0.6 is 23.5 Å². The molecule has 2 aromatic carbocycles. The highest BCUT2D eigenvalue weighted by atomic mass is 35.5. The highest BCUT2D eigenvalue weighted by Crippen LogP contribution is 2.34. The van der Waals surface area contributed by atoms with Gasteiger partial charge in [-0.25, -0.2) is 4.98 Å². The number of methoxy groups -OCH3 is 1. The van der Waals surface area contributed by atoms with Crippen LogP contribution in [0.3, 0.4) is 0 Å². The van der Waals surface area contributed by atoms with Gasteiger partial charge in [0.15, 0.2) is 0 Å². The molecule has 0 aliphatic carbocycles. The molecule has 172 valence electrons. The standard InChI is InChI=1S/C24H27ClN6OS/c1-31(25)20-6-5-18(15-22(20)33-3)28-23-10-13-27-24(30-23)29-19-14-17(4-7-21(19)32-2)16-8-11-26-12-9-16/h4-8,10,13-15,26H,9,11-12H2,1-3H3,(H2,27,28,29,30).